The molecule has 2 nitrogen and oxygen atoms in total. The molecule has 0 aliphatic rings. The number of hydrogen-bond donors (Lipinski definition) is 1. The Bertz CT molecular complexity index is 86.9. The van der Waals surface area contributed by atoms with Gasteiger partial charge in [-0.15, -0.1) is 6.58 Å². The normalized spacial score (nSPS) is 10.3. The molecule has 0 aliphatic heterocycles. The third-order valence-electron chi connectivity index (χ3n) is 0.722. The van der Waals surface area contributed by atoms with Gasteiger partial charge in [0.2, 0.25) is 0 Å². The molecule has 0 heterocycles. The molecule has 0 spiro atoms. The van der Waals surface area contributed by atoms with Crippen molar-refractivity contribution in [3.8, 4) is 0 Å². The fourth-order valence-corrected chi connectivity index (χ4v) is 0.362. The number of ether oxygens (including phenoxy) is 1. The zero-order valence-corrected chi connectivity index (χ0v) is 5.42. The summed E-state index contributed by atoms with van der Waals surface area (Å²) in [5, 5.41) is 8.26. The van der Waals surface area contributed by atoms with Crippen molar-refractivity contribution in [3.63, 3.8) is 0 Å². The van der Waals surface area contributed by atoms with Crippen molar-refractivity contribution in [2.45, 2.75) is 0 Å². The molecule has 0 amide bonds. The van der Waals surface area contributed by atoms with Crippen LogP contribution in [-0.2, 0) is 4.74 Å². The quantitative estimate of drug-likeness (QED) is 0.437. The van der Waals surface area contributed by atoms with Gasteiger partial charge in [0.25, 0.3) is 0 Å². The van der Waals surface area contributed by atoms with Gasteiger partial charge in [0.1, 0.15) is 0 Å². The van der Waals surface area contributed by atoms with Crippen molar-refractivity contribution in [1.82, 2.24) is 0 Å². The molecule has 0 bridgehead atoms. The smallest absolute Gasteiger partial charge is 0.0652 e. The minimum absolute atomic E-state index is 0.0808. The van der Waals surface area contributed by atoms with Gasteiger partial charge < -0.3 is 9.84 Å². The highest BCUT2D eigenvalue weighted by Crippen LogP contribution is 1.76. The van der Waals surface area contributed by atoms with Gasteiger partial charge in [-0.25, -0.2) is 0 Å². The second-order valence-electron chi connectivity index (χ2n) is 1.48. The van der Waals surface area contributed by atoms with Crippen molar-refractivity contribution in [3.05, 3.63) is 24.8 Å². The molecule has 0 fully saturated rings. The highest BCUT2D eigenvalue weighted by molar-refractivity contribution is 4.80. The van der Waals surface area contributed by atoms with Crippen LogP contribution in [0.2, 0.25) is 0 Å². The number of aliphatic hydroxyl groups is 1. The monoisotopic (exact) mass is 128 g/mol. The summed E-state index contributed by atoms with van der Waals surface area (Å²) in [4.78, 5) is 0. The fraction of sp³-hybridized carbons (Fsp3) is 0.429. The SMILES string of the molecule is C=CCOCC=CCO. The molecule has 9 heavy (non-hydrogen) atoms. The van der Waals surface area contributed by atoms with E-state index >= 15 is 0 Å². The third-order valence-corrected chi connectivity index (χ3v) is 0.722. The molecule has 0 aromatic rings. The van der Waals surface area contributed by atoms with E-state index in [1.807, 2.05) is 0 Å². The first-order chi connectivity index (χ1) is 4.41. The van der Waals surface area contributed by atoms with Gasteiger partial charge in [0.15, 0.2) is 0 Å². The molecule has 2 heteroatoms. The van der Waals surface area contributed by atoms with Crippen molar-refractivity contribution < 1.29 is 9.84 Å². The molecular weight excluding hydrogens is 116 g/mol. The Morgan fingerprint density at radius 3 is 2.67 bits per heavy atom. The number of hydrogen-bond acceptors (Lipinski definition) is 2. The van der Waals surface area contributed by atoms with Crippen molar-refractivity contribution in [2.75, 3.05) is 19.8 Å². The molecule has 0 rings (SSSR count). The zero-order chi connectivity index (χ0) is 6.95. The molecule has 52 valence electrons. The van der Waals surface area contributed by atoms with Crippen LogP contribution in [0.4, 0.5) is 0 Å². The van der Waals surface area contributed by atoms with E-state index in [1.165, 1.54) is 0 Å². The van der Waals surface area contributed by atoms with E-state index in [0.717, 1.165) is 0 Å². The summed E-state index contributed by atoms with van der Waals surface area (Å²) in [6.07, 6.45) is 5.10. The van der Waals surface area contributed by atoms with Crippen LogP contribution in [0.1, 0.15) is 0 Å². The lowest BCUT2D eigenvalue weighted by Crippen LogP contribution is -1.89. The molecule has 0 aliphatic carbocycles. The maximum Gasteiger partial charge on any atom is 0.0652 e. The second kappa shape index (κ2) is 7.40. The van der Waals surface area contributed by atoms with Gasteiger partial charge in [-0.3, -0.25) is 0 Å². The van der Waals surface area contributed by atoms with Gasteiger partial charge in [-0.1, -0.05) is 18.2 Å². The summed E-state index contributed by atoms with van der Waals surface area (Å²) in [6.45, 7) is 4.67. The Labute approximate surface area is 55.5 Å². The molecule has 0 radical (unpaired) electrons. The van der Waals surface area contributed by atoms with Crippen molar-refractivity contribution >= 4 is 0 Å². The molecule has 0 aromatic heterocycles. The third kappa shape index (κ3) is 7.40. The van der Waals surface area contributed by atoms with Crippen LogP contribution >= 0.6 is 0 Å². The minimum atomic E-state index is 0.0808. The summed E-state index contributed by atoms with van der Waals surface area (Å²) in [5.74, 6) is 0. The van der Waals surface area contributed by atoms with Crippen molar-refractivity contribution in [2.24, 2.45) is 0 Å². The van der Waals surface area contributed by atoms with Crippen LogP contribution in [0.15, 0.2) is 24.8 Å². The maximum atomic E-state index is 8.26. The Kier molecular flexibility index (Phi) is 6.91. The van der Waals surface area contributed by atoms with Gasteiger partial charge in [0, 0.05) is 0 Å². The van der Waals surface area contributed by atoms with E-state index in [9.17, 15) is 0 Å². The van der Waals surface area contributed by atoms with E-state index in [2.05, 4.69) is 6.58 Å². The highest BCUT2D eigenvalue weighted by Gasteiger charge is 1.74. The van der Waals surface area contributed by atoms with E-state index in [1.54, 1.807) is 18.2 Å². The highest BCUT2D eigenvalue weighted by atomic mass is 16.5. The maximum absolute atomic E-state index is 8.26. The van der Waals surface area contributed by atoms with Crippen molar-refractivity contribution in [1.29, 1.82) is 0 Å². The first-order valence-corrected chi connectivity index (χ1v) is 2.86. The van der Waals surface area contributed by atoms with Crippen LogP contribution in [0.3, 0.4) is 0 Å². The summed E-state index contributed by atoms with van der Waals surface area (Å²) in [6, 6.07) is 0. The van der Waals surface area contributed by atoms with Gasteiger partial charge >= 0.3 is 0 Å². The fourth-order valence-electron chi connectivity index (χ4n) is 0.362. The Morgan fingerprint density at radius 1 is 1.33 bits per heavy atom. The van der Waals surface area contributed by atoms with Crippen LogP contribution in [0.25, 0.3) is 0 Å². The predicted molar refractivity (Wildman–Crippen MR) is 37.2 cm³/mol. The van der Waals surface area contributed by atoms with Gasteiger partial charge in [-0.2, -0.15) is 0 Å². The van der Waals surface area contributed by atoms with E-state index in [0.29, 0.717) is 13.2 Å². The lowest BCUT2D eigenvalue weighted by atomic mass is 10.5. The molecule has 0 saturated heterocycles. The van der Waals surface area contributed by atoms with E-state index in [-0.39, 0.29) is 6.61 Å². The molecule has 0 saturated carbocycles. The lowest BCUT2D eigenvalue weighted by molar-refractivity contribution is 0.193. The molecule has 1 N–H and O–H groups in total. The minimum Gasteiger partial charge on any atom is -0.392 e. The molecular formula is C7H12O2. The Balaban J connectivity index is 2.90. The standard InChI is InChI=1S/C7H12O2/c1-2-6-9-7-4-3-5-8/h2-4,8H,1,5-7H2. The van der Waals surface area contributed by atoms with Crippen LogP contribution in [0, 0.1) is 0 Å². The first kappa shape index (κ1) is 8.40. The first-order valence-electron chi connectivity index (χ1n) is 2.86. The van der Waals surface area contributed by atoms with Gasteiger partial charge in [-0.05, 0) is 0 Å². The Hall–Kier alpha value is -0.600. The molecule has 0 unspecified atom stereocenters. The van der Waals surface area contributed by atoms with E-state index < -0.39 is 0 Å². The average molecular weight is 128 g/mol. The number of rotatable bonds is 5. The lowest BCUT2D eigenvalue weighted by Gasteiger charge is -1.91. The molecule has 0 atom stereocenters. The summed E-state index contributed by atoms with van der Waals surface area (Å²) in [7, 11) is 0. The Morgan fingerprint density at radius 2 is 2.11 bits per heavy atom. The van der Waals surface area contributed by atoms with Crippen LogP contribution in [-0.4, -0.2) is 24.9 Å². The second-order valence-corrected chi connectivity index (χ2v) is 1.48. The van der Waals surface area contributed by atoms with Crippen LogP contribution in [0.5, 0.6) is 0 Å². The summed E-state index contributed by atoms with van der Waals surface area (Å²) in [5.41, 5.74) is 0. The average Bonchev–Trinajstić information content (AvgIpc) is 1.89. The number of aliphatic hydroxyl groups excluding tert-OH is 1. The largest absolute Gasteiger partial charge is 0.392 e. The topological polar surface area (TPSA) is 29.5 Å². The summed E-state index contributed by atoms with van der Waals surface area (Å²) >= 11 is 0. The molecule has 0 aromatic carbocycles. The van der Waals surface area contributed by atoms with Crippen LogP contribution < -0.4 is 0 Å². The summed E-state index contributed by atoms with van der Waals surface area (Å²) < 4.78 is 4.97. The van der Waals surface area contributed by atoms with Gasteiger partial charge in [0.05, 0.1) is 19.8 Å². The zero-order valence-electron chi connectivity index (χ0n) is 5.42. The predicted octanol–water partition coefficient (Wildman–Crippen LogP) is 0.737. The van der Waals surface area contributed by atoms with E-state index in [4.69, 9.17) is 9.84 Å².